The SMILES string of the molecule is CC(C)(C)c1noc(C23CCC(CN(C(=O)CC45CC(F)(C4)C5)c4cccc(-c5ccc(NS(C)(=O)=O)cc5)c4)(CC2)CC3)n1. The summed E-state index contributed by atoms with van der Waals surface area (Å²) in [6.07, 6.45) is 8.85. The second kappa shape index (κ2) is 10.1. The van der Waals surface area contributed by atoms with E-state index in [4.69, 9.17) is 9.51 Å². The molecule has 1 heterocycles. The van der Waals surface area contributed by atoms with Crippen LogP contribution in [0.15, 0.2) is 53.1 Å². The van der Waals surface area contributed by atoms with E-state index in [1.54, 1.807) is 12.1 Å². The molecule has 2 aromatic carbocycles. The van der Waals surface area contributed by atoms with Crippen molar-refractivity contribution in [1.29, 1.82) is 0 Å². The molecule has 0 spiro atoms. The van der Waals surface area contributed by atoms with Gasteiger partial charge in [-0.1, -0.05) is 50.2 Å². The Balaban J connectivity index is 1.13. The van der Waals surface area contributed by atoms with E-state index >= 15 is 0 Å². The lowest BCUT2D eigenvalue weighted by Gasteiger charge is -2.66. The Bertz CT molecular complexity index is 1700. The molecule has 6 fully saturated rings. The number of halogens is 1. The van der Waals surface area contributed by atoms with Crippen molar-refractivity contribution in [1.82, 2.24) is 10.1 Å². The predicted molar refractivity (Wildman–Crippen MR) is 172 cm³/mol. The van der Waals surface area contributed by atoms with Crippen LogP contribution in [0, 0.1) is 10.8 Å². The number of rotatable bonds is 9. The monoisotopic (exact) mass is 634 g/mol. The summed E-state index contributed by atoms with van der Waals surface area (Å²) in [5.74, 6) is 1.59. The molecule has 0 radical (unpaired) electrons. The Hall–Kier alpha value is -3.27. The van der Waals surface area contributed by atoms with E-state index in [1.165, 1.54) is 0 Å². The van der Waals surface area contributed by atoms with Crippen LogP contribution in [0.1, 0.15) is 96.7 Å². The first-order chi connectivity index (χ1) is 21.1. The molecule has 1 N–H and O–H groups in total. The highest BCUT2D eigenvalue weighted by Crippen LogP contribution is 2.71. The fourth-order valence-corrected chi connectivity index (χ4v) is 9.05. The number of fused-ring (bicyclic) bond motifs is 3. The van der Waals surface area contributed by atoms with Gasteiger partial charge in [-0.3, -0.25) is 9.52 Å². The van der Waals surface area contributed by atoms with E-state index in [0.29, 0.717) is 37.9 Å². The molecule has 4 bridgehead atoms. The van der Waals surface area contributed by atoms with Gasteiger partial charge in [-0.25, -0.2) is 12.8 Å². The maximum Gasteiger partial charge on any atom is 0.232 e. The smallest absolute Gasteiger partial charge is 0.232 e. The first-order valence-corrected chi connectivity index (χ1v) is 18.0. The lowest BCUT2D eigenvalue weighted by molar-refractivity contribution is -0.215. The highest BCUT2D eigenvalue weighted by molar-refractivity contribution is 7.92. The molecule has 240 valence electrons. The van der Waals surface area contributed by atoms with Crippen molar-refractivity contribution >= 4 is 27.3 Å². The summed E-state index contributed by atoms with van der Waals surface area (Å²) in [7, 11) is -3.37. The summed E-state index contributed by atoms with van der Waals surface area (Å²) in [5.41, 5.74) is 1.73. The van der Waals surface area contributed by atoms with Crippen LogP contribution in [0.2, 0.25) is 0 Å². The zero-order chi connectivity index (χ0) is 31.9. The third-order valence-corrected chi connectivity index (χ3v) is 11.6. The molecule has 9 rings (SSSR count). The van der Waals surface area contributed by atoms with Crippen molar-refractivity contribution in [2.45, 2.75) is 101 Å². The summed E-state index contributed by atoms with van der Waals surface area (Å²) in [6.45, 7) is 6.92. The lowest BCUT2D eigenvalue weighted by Crippen LogP contribution is -2.65. The molecular formula is C35H43FN4O4S. The second-order valence-corrected chi connectivity index (χ2v) is 17.5. The number of anilines is 2. The fraction of sp³-hybridized carbons (Fsp3) is 0.571. The quantitative estimate of drug-likeness (QED) is 0.265. The Kier molecular flexibility index (Phi) is 6.83. The molecule has 1 aromatic heterocycles. The number of benzene rings is 2. The topological polar surface area (TPSA) is 105 Å². The van der Waals surface area contributed by atoms with Crippen LogP contribution in [0.25, 0.3) is 11.1 Å². The van der Waals surface area contributed by atoms with Gasteiger partial charge < -0.3 is 9.42 Å². The number of sulfonamides is 1. The number of carbonyl (C=O) groups excluding carboxylic acids is 1. The lowest BCUT2D eigenvalue weighted by atomic mass is 9.41. The van der Waals surface area contributed by atoms with Crippen LogP contribution in [0.4, 0.5) is 15.8 Å². The number of amides is 1. The van der Waals surface area contributed by atoms with Crippen molar-refractivity contribution in [3.8, 4) is 11.1 Å². The van der Waals surface area contributed by atoms with E-state index < -0.39 is 15.7 Å². The molecule has 6 saturated carbocycles. The molecule has 0 atom stereocenters. The van der Waals surface area contributed by atoms with Gasteiger partial charge in [0.15, 0.2) is 5.82 Å². The Morgan fingerprint density at radius 1 is 0.956 bits per heavy atom. The minimum absolute atomic E-state index is 0.00000329. The molecule has 8 nitrogen and oxygen atoms in total. The average molecular weight is 635 g/mol. The van der Waals surface area contributed by atoms with E-state index in [0.717, 1.165) is 73.3 Å². The van der Waals surface area contributed by atoms with Crippen LogP contribution >= 0.6 is 0 Å². The first kappa shape index (κ1) is 30.4. The highest BCUT2D eigenvalue weighted by Gasteiger charge is 2.69. The van der Waals surface area contributed by atoms with Crippen molar-refractivity contribution in [2.75, 3.05) is 22.4 Å². The van der Waals surface area contributed by atoms with Crippen LogP contribution < -0.4 is 9.62 Å². The average Bonchev–Trinajstić information content (AvgIpc) is 3.48. The normalized spacial score (nSPS) is 30.3. The highest BCUT2D eigenvalue weighted by atomic mass is 32.2. The zero-order valence-electron chi connectivity index (χ0n) is 26.7. The Morgan fingerprint density at radius 3 is 2.16 bits per heavy atom. The number of nitrogens with zero attached hydrogens (tertiary/aromatic N) is 3. The van der Waals surface area contributed by atoms with Crippen LogP contribution in [-0.4, -0.2) is 42.9 Å². The standard InChI is InChI=1S/C35H43FN4O4S/c1-31(2,3)29-37-30(44-38-29)34-15-12-32(13-16-34,14-17-34)23-40(28(41)19-33-20-35(36,21-33)22-33)27-7-5-6-25(18-27)24-8-10-26(11-9-24)39-45(4,42)43/h5-11,18,39H,12-17,19-23H2,1-4H3. The van der Waals surface area contributed by atoms with Crippen LogP contribution in [-0.2, 0) is 25.6 Å². The predicted octanol–water partition coefficient (Wildman–Crippen LogP) is 7.31. The van der Waals surface area contributed by atoms with E-state index in [1.807, 2.05) is 35.2 Å². The molecule has 1 amide bonds. The number of hydrogen-bond donors (Lipinski definition) is 1. The maximum atomic E-state index is 14.4. The summed E-state index contributed by atoms with van der Waals surface area (Å²) in [5, 5.41) is 4.32. The summed E-state index contributed by atoms with van der Waals surface area (Å²) >= 11 is 0. The number of alkyl halides is 1. The van der Waals surface area contributed by atoms with E-state index in [2.05, 4.69) is 36.7 Å². The van der Waals surface area contributed by atoms with Gasteiger partial charge in [-0.2, -0.15) is 4.98 Å². The number of hydrogen-bond acceptors (Lipinski definition) is 6. The molecule has 45 heavy (non-hydrogen) atoms. The van der Waals surface area contributed by atoms with Gasteiger partial charge in [-0.05, 0) is 104 Å². The first-order valence-electron chi connectivity index (χ1n) is 16.1. The Morgan fingerprint density at radius 2 is 1.60 bits per heavy atom. The van der Waals surface area contributed by atoms with Crippen molar-refractivity contribution < 1.29 is 22.1 Å². The van der Waals surface area contributed by atoms with Crippen molar-refractivity contribution in [3.05, 3.63) is 60.2 Å². The molecule has 10 heteroatoms. The maximum absolute atomic E-state index is 14.4. The molecule has 0 unspecified atom stereocenters. The second-order valence-electron chi connectivity index (χ2n) is 15.8. The fourth-order valence-electron chi connectivity index (χ4n) is 8.49. The largest absolute Gasteiger partial charge is 0.339 e. The molecule has 0 saturated heterocycles. The van der Waals surface area contributed by atoms with E-state index in [-0.39, 0.29) is 27.6 Å². The van der Waals surface area contributed by atoms with Gasteiger partial charge in [0.25, 0.3) is 0 Å². The van der Waals surface area contributed by atoms with Gasteiger partial charge in [0.1, 0.15) is 5.67 Å². The van der Waals surface area contributed by atoms with Gasteiger partial charge in [0.2, 0.25) is 21.8 Å². The Labute approximate surface area is 265 Å². The van der Waals surface area contributed by atoms with Gasteiger partial charge >= 0.3 is 0 Å². The minimum atomic E-state index is -3.37. The summed E-state index contributed by atoms with van der Waals surface area (Å²) < 4.78 is 46.1. The van der Waals surface area contributed by atoms with Gasteiger partial charge in [-0.15, -0.1) is 0 Å². The number of carbonyl (C=O) groups is 1. The third kappa shape index (κ3) is 5.68. The molecule has 0 aliphatic heterocycles. The van der Waals surface area contributed by atoms with Gasteiger partial charge in [0, 0.05) is 35.2 Å². The number of nitrogens with one attached hydrogen (secondary N) is 1. The molecule has 3 aromatic rings. The number of aromatic nitrogens is 2. The van der Waals surface area contributed by atoms with Gasteiger partial charge in [0.05, 0.1) is 6.26 Å². The molecular weight excluding hydrogens is 591 g/mol. The zero-order valence-corrected chi connectivity index (χ0v) is 27.5. The van der Waals surface area contributed by atoms with Crippen LogP contribution in [0.3, 0.4) is 0 Å². The van der Waals surface area contributed by atoms with Crippen molar-refractivity contribution in [3.63, 3.8) is 0 Å². The summed E-state index contributed by atoms with van der Waals surface area (Å²) in [4.78, 5) is 21.0. The van der Waals surface area contributed by atoms with Crippen molar-refractivity contribution in [2.24, 2.45) is 10.8 Å². The third-order valence-electron chi connectivity index (χ3n) is 11.0. The van der Waals surface area contributed by atoms with Crippen LogP contribution in [0.5, 0.6) is 0 Å². The minimum Gasteiger partial charge on any atom is -0.339 e. The molecule has 6 aliphatic carbocycles. The summed E-state index contributed by atoms with van der Waals surface area (Å²) in [6, 6.07) is 15.3. The molecule has 6 aliphatic rings. The van der Waals surface area contributed by atoms with E-state index in [9.17, 15) is 17.6 Å².